The van der Waals surface area contributed by atoms with Crippen molar-refractivity contribution < 1.29 is 22.0 Å². The summed E-state index contributed by atoms with van der Waals surface area (Å²) in [6, 6.07) is 13.6. The molecule has 0 spiro atoms. The zero-order valence-electron chi connectivity index (χ0n) is 18.7. The van der Waals surface area contributed by atoms with E-state index in [9.17, 15) is 22.0 Å². The van der Waals surface area contributed by atoms with Gasteiger partial charge in [-0.05, 0) is 49.2 Å². The predicted octanol–water partition coefficient (Wildman–Crippen LogP) is 5.02. The van der Waals surface area contributed by atoms with Crippen molar-refractivity contribution in [1.29, 1.82) is 0 Å². The Bertz CT molecular complexity index is 1550. The number of fused-ring (bicyclic) bond motifs is 1. The Morgan fingerprint density at radius 2 is 1.78 bits per heavy atom. The highest BCUT2D eigenvalue weighted by Gasteiger charge is 2.27. The van der Waals surface area contributed by atoms with Crippen LogP contribution in [-0.4, -0.2) is 46.3 Å². The van der Waals surface area contributed by atoms with Crippen molar-refractivity contribution in [3.05, 3.63) is 77.1 Å². The maximum absolute atomic E-state index is 13.8. The smallest absolute Gasteiger partial charge is 0.280 e. The minimum Gasteiger partial charge on any atom is -0.322 e. The number of carbonyl (C=O) groups is 1. The van der Waals surface area contributed by atoms with Gasteiger partial charge in [-0.1, -0.05) is 29.8 Å². The van der Waals surface area contributed by atoms with Gasteiger partial charge >= 0.3 is 0 Å². The number of halogens is 3. The molecule has 0 aliphatic carbocycles. The van der Waals surface area contributed by atoms with Crippen molar-refractivity contribution in [3.63, 3.8) is 0 Å². The van der Waals surface area contributed by atoms with Gasteiger partial charge in [-0.2, -0.15) is 9.40 Å². The van der Waals surface area contributed by atoms with Crippen molar-refractivity contribution in [1.82, 2.24) is 18.9 Å². The molecule has 0 bridgehead atoms. The lowest BCUT2D eigenvalue weighted by Gasteiger charge is -2.16. The average Bonchev–Trinajstić information content (AvgIpc) is 3.55. The zero-order chi connectivity index (χ0) is 25.4. The molecule has 2 aromatic heterocycles. The lowest BCUT2D eigenvalue weighted by molar-refractivity contribution is 0.102. The number of hydrogen-bond acceptors (Lipinski definition) is 5. The highest BCUT2D eigenvalue weighted by atomic mass is 35.5. The number of sulfonamides is 1. The fraction of sp³-hybridized carbons (Fsp3) is 0.208. The van der Waals surface area contributed by atoms with Crippen LogP contribution >= 0.6 is 11.6 Å². The molecule has 12 heteroatoms. The quantitative estimate of drug-likeness (QED) is 0.377. The van der Waals surface area contributed by atoms with Crippen molar-refractivity contribution in [3.8, 4) is 11.3 Å². The Balaban J connectivity index is 1.50. The summed E-state index contributed by atoms with van der Waals surface area (Å²) in [6.45, 7) is 0.908. The first-order chi connectivity index (χ1) is 17.2. The molecule has 3 heterocycles. The number of carbonyl (C=O) groups excluding carboxylic acids is 1. The Morgan fingerprint density at radius 1 is 1.06 bits per heavy atom. The molecular weight excluding hydrogens is 512 g/mol. The summed E-state index contributed by atoms with van der Waals surface area (Å²) in [4.78, 5) is 17.6. The van der Waals surface area contributed by atoms with Gasteiger partial charge in [0.1, 0.15) is 11.3 Å². The van der Waals surface area contributed by atoms with Crippen LogP contribution in [0.4, 0.5) is 14.5 Å². The maximum Gasteiger partial charge on any atom is 0.280 e. The predicted molar refractivity (Wildman–Crippen MR) is 131 cm³/mol. The van der Waals surface area contributed by atoms with E-state index in [0.717, 1.165) is 23.6 Å². The van der Waals surface area contributed by atoms with Crippen molar-refractivity contribution in [2.24, 2.45) is 0 Å². The number of nitrogens with zero attached hydrogens (tertiary/aromatic N) is 4. The first kappa shape index (κ1) is 24.3. The van der Waals surface area contributed by atoms with Crippen LogP contribution < -0.4 is 5.32 Å². The Morgan fingerprint density at radius 3 is 2.47 bits per heavy atom. The first-order valence-corrected chi connectivity index (χ1v) is 12.9. The average molecular weight is 532 g/mol. The van der Waals surface area contributed by atoms with E-state index < -0.39 is 28.0 Å². The topological polar surface area (TPSA) is 96.7 Å². The molecular formula is C24H20ClF2N5O3S. The number of benzene rings is 2. The molecule has 1 amide bonds. The van der Waals surface area contributed by atoms with Gasteiger partial charge < -0.3 is 5.32 Å². The SMILES string of the molecule is O=C(Nc1cccc(S(=O)(=O)N2CCCC2)c1)c1cnn2c(C(F)F)cc(-c3ccc(Cl)cc3)nc12. The van der Waals surface area contributed by atoms with E-state index in [2.05, 4.69) is 15.4 Å². The van der Waals surface area contributed by atoms with Gasteiger partial charge in [0.05, 0.1) is 16.8 Å². The summed E-state index contributed by atoms with van der Waals surface area (Å²) in [5.74, 6) is -0.665. The minimum absolute atomic E-state index is 0.0412. The molecule has 1 aliphatic heterocycles. The summed E-state index contributed by atoms with van der Waals surface area (Å²) in [5.41, 5.74) is 0.473. The molecule has 186 valence electrons. The maximum atomic E-state index is 13.8. The van der Waals surface area contributed by atoms with Crippen LogP contribution in [0, 0.1) is 0 Å². The third kappa shape index (κ3) is 4.57. The molecule has 1 N–H and O–H groups in total. The molecule has 0 unspecified atom stereocenters. The summed E-state index contributed by atoms with van der Waals surface area (Å²) in [5, 5.41) is 7.06. The van der Waals surface area contributed by atoms with Crippen molar-refractivity contribution in [2.75, 3.05) is 18.4 Å². The van der Waals surface area contributed by atoms with Gasteiger partial charge in [0.25, 0.3) is 12.3 Å². The number of anilines is 1. The Kier molecular flexibility index (Phi) is 6.45. The van der Waals surface area contributed by atoms with Gasteiger partial charge in [-0.15, -0.1) is 0 Å². The van der Waals surface area contributed by atoms with E-state index >= 15 is 0 Å². The molecule has 8 nitrogen and oxygen atoms in total. The second kappa shape index (κ2) is 9.57. The standard InChI is InChI=1S/C24H20ClF2N5O3S/c25-16-8-6-15(7-9-16)20-13-21(22(26)27)32-23(30-20)19(14-28-32)24(33)29-17-4-3-5-18(12-17)36(34,35)31-10-1-2-11-31/h3-9,12-14,22H,1-2,10-11H2,(H,29,33). The number of amides is 1. The number of hydrogen-bond donors (Lipinski definition) is 1. The highest BCUT2D eigenvalue weighted by Crippen LogP contribution is 2.28. The monoisotopic (exact) mass is 531 g/mol. The van der Waals surface area contributed by atoms with E-state index in [4.69, 9.17) is 11.6 Å². The number of rotatable bonds is 6. The lowest BCUT2D eigenvalue weighted by atomic mass is 10.1. The molecule has 0 radical (unpaired) electrons. The highest BCUT2D eigenvalue weighted by molar-refractivity contribution is 7.89. The first-order valence-electron chi connectivity index (χ1n) is 11.1. The van der Waals surface area contributed by atoms with Gasteiger partial charge in [0.2, 0.25) is 10.0 Å². The van der Waals surface area contributed by atoms with E-state index in [1.807, 2.05) is 0 Å². The normalized spacial score (nSPS) is 14.6. The fourth-order valence-electron chi connectivity index (χ4n) is 4.08. The largest absolute Gasteiger partial charge is 0.322 e. The number of nitrogens with one attached hydrogen (secondary N) is 1. The number of alkyl halides is 2. The summed E-state index contributed by atoms with van der Waals surface area (Å²) in [7, 11) is -3.68. The lowest BCUT2D eigenvalue weighted by Crippen LogP contribution is -2.27. The van der Waals surface area contributed by atoms with Crippen LogP contribution in [0.25, 0.3) is 16.9 Å². The molecule has 0 saturated carbocycles. The molecule has 1 fully saturated rings. The van der Waals surface area contributed by atoms with E-state index in [1.54, 1.807) is 30.3 Å². The van der Waals surface area contributed by atoms with Crippen molar-refractivity contribution in [2.45, 2.75) is 24.2 Å². The van der Waals surface area contributed by atoms with E-state index in [-0.39, 0.29) is 27.5 Å². The summed E-state index contributed by atoms with van der Waals surface area (Å²) >= 11 is 5.93. The van der Waals surface area contributed by atoms with E-state index in [1.165, 1.54) is 28.6 Å². The second-order valence-corrected chi connectivity index (χ2v) is 10.6. The molecule has 5 rings (SSSR count). The van der Waals surface area contributed by atoms with Gasteiger partial charge in [0, 0.05) is 29.4 Å². The van der Waals surface area contributed by atoms with Crippen LogP contribution in [0.15, 0.2) is 65.7 Å². The fourth-order valence-corrected chi connectivity index (χ4v) is 5.77. The zero-order valence-corrected chi connectivity index (χ0v) is 20.3. The molecule has 0 atom stereocenters. The summed E-state index contributed by atoms with van der Waals surface area (Å²) < 4.78 is 55.8. The summed E-state index contributed by atoms with van der Waals surface area (Å²) in [6.07, 6.45) is -0.115. The second-order valence-electron chi connectivity index (χ2n) is 8.26. The van der Waals surface area contributed by atoms with Gasteiger partial charge in [0.15, 0.2) is 5.65 Å². The third-order valence-corrected chi connectivity index (χ3v) is 8.05. The van der Waals surface area contributed by atoms with Crippen LogP contribution in [0.5, 0.6) is 0 Å². The molecule has 1 aliphatic rings. The Labute approximate surface area is 210 Å². The Hall–Kier alpha value is -3.41. The molecule has 1 saturated heterocycles. The van der Waals surface area contributed by atoms with Crippen LogP contribution in [0.3, 0.4) is 0 Å². The van der Waals surface area contributed by atoms with Crippen LogP contribution in [0.1, 0.15) is 35.3 Å². The molecule has 36 heavy (non-hydrogen) atoms. The third-order valence-electron chi connectivity index (χ3n) is 5.90. The van der Waals surface area contributed by atoms with Gasteiger partial charge in [-0.25, -0.2) is 26.7 Å². The van der Waals surface area contributed by atoms with Crippen LogP contribution in [-0.2, 0) is 10.0 Å². The molecule has 4 aromatic rings. The van der Waals surface area contributed by atoms with Crippen LogP contribution in [0.2, 0.25) is 5.02 Å². The van der Waals surface area contributed by atoms with Gasteiger partial charge in [-0.3, -0.25) is 4.79 Å². The number of aromatic nitrogens is 3. The van der Waals surface area contributed by atoms with E-state index in [0.29, 0.717) is 23.7 Å². The minimum atomic E-state index is -3.68. The molecule has 2 aromatic carbocycles. The van der Waals surface area contributed by atoms with Crippen molar-refractivity contribution >= 4 is 38.9 Å².